The van der Waals surface area contributed by atoms with E-state index in [2.05, 4.69) is 0 Å². The summed E-state index contributed by atoms with van der Waals surface area (Å²) >= 11 is 0. The Balaban J connectivity index is 0.000000544. The molecule has 2 rings (SSSR count). The minimum absolute atomic E-state index is 0. The standard InChI is InChI=1S/C9H19BO4P.C8H17BO4P.Y/c1-5-7-6(2)8(9(10-3)13-7)14-15(4,11)12;1-4-6-7(13-14(10)11)5(2)8(9-3)12-6;/h6-9H,5H2,1-4H3,(H,11,12);5-8,14H,4H2,1-3H3,(H,10,11);/t6?,7-,8+,9-;5-,6+,7?,8+;/m10./s1. The molecule has 0 saturated carbocycles. The molecule has 0 aliphatic carbocycles. The molecule has 0 amide bonds. The number of rotatable bonds is 8. The number of hydrogen-bond acceptors (Lipinski definition) is 6. The Morgan fingerprint density at radius 2 is 1.50 bits per heavy atom. The minimum Gasteiger partial charge on any atom is -0.381 e. The van der Waals surface area contributed by atoms with Crippen molar-refractivity contribution in [2.75, 3.05) is 6.66 Å². The van der Waals surface area contributed by atoms with E-state index in [1.807, 2.05) is 55.9 Å². The molecule has 3 radical (unpaired) electrons. The Kier molecular flexibility index (Phi) is 15.4. The van der Waals surface area contributed by atoms with Crippen LogP contribution >= 0.6 is 15.9 Å². The summed E-state index contributed by atoms with van der Waals surface area (Å²) in [5.74, 6) is 0.294. The predicted molar refractivity (Wildman–Crippen MR) is 116 cm³/mol. The van der Waals surface area contributed by atoms with Crippen LogP contribution in [0.1, 0.15) is 40.5 Å². The molecule has 30 heavy (non-hydrogen) atoms. The molecule has 0 aromatic heterocycles. The van der Waals surface area contributed by atoms with Crippen molar-refractivity contribution in [2.45, 2.75) is 90.6 Å². The number of ether oxygens (including phenoxy) is 2. The fourth-order valence-electron chi connectivity index (χ4n) is 3.97. The second-order valence-electron chi connectivity index (χ2n) is 7.70. The zero-order chi connectivity index (χ0) is 22.4. The molecule has 171 valence electrons. The van der Waals surface area contributed by atoms with Crippen LogP contribution < -0.4 is 0 Å². The van der Waals surface area contributed by atoms with Gasteiger partial charge in [-0.2, -0.15) is 0 Å². The molecule has 13 heteroatoms. The van der Waals surface area contributed by atoms with E-state index >= 15 is 0 Å². The van der Waals surface area contributed by atoms with Crippen molar-refractivity contribution in [3.63, 3.8) is 0 Å². The quantitative estimate of drug-likeness (QED) is 0.357. The summed E-state index contributed by atoms with van der Waals surface area (Å²) in [5, 5.41) is 0. The van der Waals surface area contributed by atoms with E-state index in [1.54, 1.807) is 0 Å². The van der Waals surface area contributed by atoms with Crippen LogP contribution in [-0.4, -0.2) is 67.4 Å². The molecule has 4 unspecified atom stereocenters. The van der Waals surface area contributed by atoms with Crippen LogP contribution in [0.25, 0.3) is 0 Å². The van der Waals surface area contributed by atoms with Crippen LogP contribution in [0, 0.1) is 11.8 Å². The molecule has 0 aromatic carbocycles. The molecule has 2 heterocycles. The first-order valence-electron chi connectivity index (χ1n) is 10.3. The van der Waals surface area contributed by atoms with Crippen LogP contribution in [0.4, 0.5) is 0 Å². The van der Waals surface area contributed by atoms with E-state index in [-0.39, 0.29) is 81.0 Å². The van der Waals surface area contributed by atoms with E-state index in [4.69, 9.17) is 23.4 Å². The Hall–Kier alpha value is 1.45. The first kappa shape index (κ1) is 31.5. The first-order valence-corrected chi connectivity index (χ1v) is 13.6. The van der Waals surface area contributed by atoms with Crippen LogP contribution in [-0.2, 0) is 60.4 Å². The van der Waals surface area contributed by atoms with Gasteiger partial charge in [0.2, 0.25) is 0 Å². The van der Waals surface area contributed by atoms with Gasteiger partial charge in [0.05, 0.1) is 30.4 Å². The van der Waals surface area contributed by atoms with Crippen molar-refractivity contribution in [3.05, 3.63) is 0 Å². The monoisotopic (exact) mass is 541 g/mol. The molecular weight excluding hydrogens is 505 g/mol. The summed E-state index contributed by atoms with van der Waals surface area (Å²) in [5.41, 5.74) is 0. The molecule has 2 N–H and O–H groups in total. The van der Waals surface area contributed by atoms with E-state index in [9.17, 15) is 14.0 Å². The molecule has 0 aromatic rings. The molecule has 2 aliphatic rings. The third kappa shape index (κ3) is 9.37. The van der Waals surface area contributed by atoms with E-state index in [0.29, 0.717) is 0 Å². The molecule has 0 bridgehead atoms. The average molecular weight is 541 g/mol. The van der Waals surface area contributed by atoms with Crippen molar-refractivity contribution in [1.82, 2.24) is 0 Å². The smallest absolute Gasteiger partial charge is 0.325 e. The maximum Gasteiger partial charge on any atom is 0.325 e. The Morgan fingerprint density at radius 1 is 1.00 bits per heavy atom. The molecule has 0 spiro atoms. The second-order valence-corrected chi connectivity index (χ2v) is 10.3. The predicted octanol–water partition coefficient (Wildman–Crippen LogP) is 2.98. The van der Waals surface area contributed by atoms with Crippen LogP contribution in [0.2, 0.25) is 13.6 Å². The van der Waals surface area contributed by atoms with Gasteiger partial charge in [0.1, 0.15) is 14.6 Å². The zero-order valence-electron chi connectivity index (χ0n) is 19.1. The summed E-state index contributed by atoms with van der Waals surface area (Å²) < 4.78 is 43.5. The van der Waals surface area contributed by atoms with Gasteiger partial charge in [-0.05, 0) is 12.8 Å². The summed E-state index contributed by atoms with van der Waals surface area (Å²) in [6, 6.07) is -0.142. The first-order chi connectivity index (χ1) is 13.5. The van der Waals surface area contributed by atoms with Crippen LogP contribution in [0.3, 0.4) is 0 Å². The van der Waals surface area contributed by atoms with Crippen molar-refractivity contribution < 1.29 is 70.1 Å². The van der Waals surface area contributed by atoms with E-state index < -0.39 is 15.9 Å². The van der Waals surface area contributed by atoms with Gasteiger partial charge < -0.3 is 28.3 Å². The van der Waals surface area contributed by atoms with Crippen molar-refractivity contribution in [2.24, 2.45) is 11.8 Å². The molecule has 2 aliphatic heterocycles. The van der Waals surface area contributed by atoms with Gasteiger partial charge in [0, 0.05) is 57.2 Å². The Morgan fingerprint density at radius 3 is 1.90 bits per heavy atom. The molecule has 8 nitrogen and oxygen atoms in total. The van der Waals surface area contributed by atoms with Gasteiger partial charge in [-0.1, -0.05) is 41.3 Å². The van der Waals surface area contributed by atoms with Gasteiger partial charge in [-0.15, -0.1) is 0 Å². The van der Waals surface area contributed by atoms with Gasteiger partial charge in [-0.25, -0.2) is 0 Å². The normalized spacial score (nSPS) is 38.6. The molecule has 2 saturated heterocycles. The van der Waals surface area contributed by atoms with Gasteiger partial charge in [-0.3, -0.25) is 9.13 Å². The average Bonchev–Trinajstić information content (AvgIpc) is 3.11. The van der Waals surface area contributed by atoms with Crippen molar-refractivity contribution in [1.29, 1.82) is 0 Å². The van der Waals surface area contributed by atoms with Crippen molar-refractivity contribution in [3.8, 4) is 0 Å². The molecule has 10 atom stereocenters. The van der Waals surface area contributed by atoms with Crippen molar-refractivity contribution >= 4 is 30.4 Å². The maximum atomic E-state index is 11.2. The minimum atomic E-state index is -3.44. The summed E-state index contributed by atoms with van der Waals surface area (Å²) in [7, 11) is -2.46. The van der Waals surface area contributed by atoms with Gasteiger partial charge in [0.15, 0.2) is 0 Å². The van der Waals surface area contributed by atoms with E-state index in [1.165, 1.54) is 6.66 Å². The molecular formula is C17H36B2O8P2Y. The fourth-order valence-corrected chi connectivity index (χ4v) is 5.33. The summed E-state index contributed by atoms with van der Waals surface area (Å²) in [6.07, 6.45) is 1.19. The van der Waals surface area contributed by atoms with Crippen LogP contribution in [0.15, 0.2) is 0 Å². The van der Waals surface area contributed by atoms with Gasteiger partial charge in [0.25, 0.3) is 0 Å². The van der Waals surface area contributed by atoms with Crippen LogP contribution in [0.5, 0.6) is 0 Å². The Bertz CT molecular complexity index is 566. The second kappa shape index (κ2) is 14.7. The number of hydrogen-bond donors (Lipinski definition) is 2. The topological polar surface area (TPSA) is 112 Å². The molecule has 2 fully saturated rings. The Labute approximate surface area is 208 Å². The third-order valence-electron chi connectivity index (χ3n) is 5.51. The SMILES string of the molecule is C[B][C@@H]1O[C@H](CC)C(C)[C@@H]1OP(C)(=O)O.C[B][C@@H]1O[C@H](CC)C(O[PH](=O)O)[C@@H]1C.[Y]. The third-order valence-corrected chi connectivity index (χ3v) is 6.62. The summed E-state index contributed by atoms with van der Waals surface area (Å²) in [4.78, 5) is 18.0. The maximum absolute atomic E-state index is 11.2. The van der Waals surface area contributed by atoms with E-state index in [0.717, 1.165) is 12.8 Å². The fraction of sp³-hybridized carbons (Fsp3) is 1.00. The zero-order valence-corrected chi connectivity index (χ0v) is 23.8. The van der Waals surface area contributed by atoms with Gasteiger partial charge >= 0.3 is 15.9 Å². The summed E-state index contributed by atoms with van der Waals surface area (Å²) in [6.45, 7) is 13.0. The largest absolute Gasteiger partial charge is 0.381 e.